The highest BCUT2D eigenvalue weighted by Gasteiger charge is 2.30. The maximum Gasteiger partial charge on any atom is 0.416 e. The van der Waals surface area contributed by atoms with Gasteiger partial charge in [-0.3, -0.25) is 0 Å². The zero-order valence-electron chi connectivity index (χ0n) is 17.1. The van der Waals surface area contributed by atoms with Gasteiger partial charge in [-0.1, -0.05) is 62.2 Å². The van der Waals surface area contributed by atoms with E-state index in [1.54, 1.807) is 6.07 Å². The summed E-state index contributed by atoms with van der Waals surface area (Å²) in [5.41, 5.74) is 1.30. The summed E-state index contributed by atoms with van der Waals surface area (Å²) in [6, 6.07) is 14.1. The molecule has 0 aromatic heterocycles. The van der Waals surface area contributed by atoms with E-state index in [-0.39, 0.29) is 5.82 Å². The average Bonchev–Trinajstić information content (AvgIpc) is 2.74. The second-order valence-corrected chi connectivity index (χ2v) is 8.49. The lowest BCUT2D eigenvalue weighted by Crippen LogP contribution is -2.13. The average molecular weight is 414 g/mol. The van der Waals surface area contributed by atoms with Gasteiger partial charge in [0, 0.05) is 10.9 Å². The molecule has 0 aliphatic heterocycles. The molecule has 0 unspecified atom stereocenters. The van der Waals surface area contributed by atoms with Gasteiger partial charge in [0.1, 0.15) is 5.82 Å². The van der Waals surface area contributed by atoms with Crippen molar-refractivity contribution >= 4 is 10.8 Å². The first-order valence-corrected chi connectivity index (χ1v) is 10.8. The molecule has 3 aromatic rings. The molecule has 0 atom stereocenters. The van der Waals surface area contributed by atoms with Gasteiger partial charge in [-0.15, -0.1) is 0 Å². The number of halogens is 4. The summed E-state index contributed by atoms with van der Waals surface area (Å²) in [6.45, 7) is 2.24. The molecule has 0 heterocycles. The SMILES string of the molecule is CCCC1CCC(c2ccc3c(F)c(-c4ccc(C(F)(F)F)cc4)ccc3c2)CC1. The predicted molar refractivity (Wildman–Crippen MR) is 114 cm³/mol. The van der Waals surface area contributed by atoms with Gasteiger partial charge in [0.2, 0.25) is 0 Å². The standard InChI is InChI=1S/C26H26F4/c1-2-3-17-4-6-18(7-5-17)20-10-14-24-21(16-20)11-15-23(25(24)27)19-8-12-22(13-9-19)26(28,29)30/h8-18H,2-7H2,1H3. The minimum absolute atomic E-state index is 0.323. The first-order chi connectivity index (χ1) is 14.4. The Morgan fingerprint density at radius 2 is 1.57 bits per heavy atom. The van der Waals surface area contributed by atoms with Crippen LogP contribution in [0.2, 0.25) is 0 Å². The van der Waals surface area contributed by atoms with Gasteiger partial charge in [-0.25, -0.2) is 4.39 Å². The Hall–Kier alpha value is -2.36. The third kappa shape index (κ3) is 4.23. The zero-order chi connectivity index (χ0) is 21.3. The molecule has 0 saturated heterocycles. The molecule has 0 N–H and O–H groups in total. The van der Waals surface area contributed by atoms with E-state index in [0.717, 1.165) is 23.4 Å². The summed E-state index contributed by atoms with van der Waals surface area (Å²) < 4.78 is 53.5. The topological polar surface area (TPSA) is 0 Å². The van der Waals surface area contributed by atoms with Crippen molar-refractivity contribution in [3.63, 3.8) is 0 Å². The van der Waals surface area contributed by atoms with Crippen molar-refractivity contribution < 1.29 is 17.6 Å². The van der Waals surface area contributed by atoms with Gasteiger partial charge in [0.05, 0.1) is 5.56 Å². The summed E-state index contributed by atoms with van der Waals surface area (Å²) >= 11 is 0. The van der Waals surface area contributed by atoms with Gasteiger partial charge < -0.3 is 0 Å². The Morgan fingerprint density at radius 3 is 2.20 bits per heavy atom. The molecular formula is C26H26F4. The normalized spacial score (nSPS) is 19.9. The molecule has 30 heavy (non-hydrogen) atoms. The highest BCUT2D eigenvalue weighted by molar-refractivity contribution is 5.89. The van der Waals surface area contributed by atoms with E-state index in [2.05, 4.69) is 13.0 Å². The molecule has 3 aromatic carbocycles. The number of alkyl halides is 3. The minimum Gasteiger partial charge on any atom is -0.206 e. The lowest BCUT2D eigenvalue weighted by molar-refractivity contribution is -0.137. The maximum atomic E-state index is 15.2. The van der Waals surface area contributed by atoms with E-state index in [1.165, 1.54) is 56.2 Å². The fraction of sp³-hybridized carbons (Fsp3) is 0.385. The van der Waals surface area contributed by atoms with E-state index >= 15 is 4.39 Å². The van der Waals surface area contributed by atoms with Crippen molar-refractivity contribution in [3.8, 4) is 11.1 Å². The van der Waals surface area contributed by atoms with E-state index in [0.29, 0.717) is 22.4 Å². The van der Waals surface area contributed by atoms with Crippen LogP contribution in [0.15, 0.2) is 54.6 Å². The van der Waals surface area contributed by atoms with Crippen molar-refractivity contribution in [2.45, 2.75) is 57.5 Å². The van der Waals surface area contributed by atoms with E-state index in [4.69, 9.17) is 0 Å². The first-order valence-electron chi connectivity index (χ1n) is 10.8. The minimum atomic E-state index is -4.40. The van der Waals surface area contributed by atoms with Crippen LogP contribution in [0.3, 0.4) is 0 Å². The van der Waals surface area contributed by atoms with Crippen LogP contribution in [-0.4, -0.2) is 0 Å². The number of benzene rings is 3. The second-order valence-electron chi connectivity index (χ2n) is 8.49. The molecule has 0 spiro atoms. The van der Waals surface area contributed by atoms with Gasteiger partial charge in [0.25, 0.3) is 0 Å². The first kappa shape index (κ1) is 20.9. The summed E-state index contributed by atoms with van der Waals surface area (Å²) in [4.78, 5) is 0. The van der Waals surface area contributed by atoms with Crippen molar-refractivity contribution in [1.82, 2.24) is 0 Å². The van der Waals surface area contributed by atoms with Gasteiger partial charge >= 0.3 is 6.18 Å². The lowest BCUT2D eigenvalue weighted by Gasteiger charge is -2.28. The molecule has 158 valence electrons. The molecule has 0 radical (unpaired) electrons. The zero-order valence-corrected chi connectivity index (χ0v) is 17.1. The van der Waals surface area contributed by atoms with Crippen molar-refractivity contribution in [1.29, 1.82) is 0 Å². The smallest absolute Gasteiger partial charge is 0.206 e. The van der Waals surface area contributed by atoms with Crippen LogP contribution in [0.5, 0.6) is 0 Å². The third-order valence-corrected chi connectivity index (χ3v) is 6.52. The quantitative estimate of drug-likeness (QED) is 0.374. The summed E-state index contributed by atoms with van der Waals surface area (Å²) in [7, 11) is 0. The molecule has 0 amide bonds. The molecule has 4 heteroatoms. The second kappa shape index (κ2) is 8.41. The van der Waals surface area contributed by atoms with Crippen LogP contribution in [0.1, 0.15) is 62.5 Å². The van der Waals surface area contributed by atoms with Crippen LogP contribution in [-0.2, 0) is 6.18 Å². The maximum absolute atomic E-state index is 15.2. The van der Waals surface area contributed by atoms with E-state index < -0.39 is 11.7 Å². The molecule has 0 bridgehead atoms. The lowest BCUT2D eigenvalue weighted by atomic mass is 9.77. The highest BCUT2D eigenvalue weighted by Crippen LogP contribution is 2.39. The van der Waals surface area contributed by atoms with Crippen molar-refractivity contribution in [3.05, 3.63) is 71.5 Å². The summed E-state index contributed by atoms with van der Waals surface area (Å²) in [5.74, 6) is 0.987. The van der Waals surface area contributed by atoms with Gasteiger partial charge in [0.15, 0.2) is 0 Å². The molecule has 1 aliphatic rings. The van der Waals surface area contributed by atoms with Crippen molar-refractivity contribution in [2.75, 3.05) is 0 Å². The summed E-state index contributed by atoms with van der Waals surface area (Å²) in [6.07, 6.45) is 3.04. The highest BCUT2D eigenvalue weighted by atomic mass is 19.4. The Morgan fingerprint density at radius 1 is 0.867 bits per heavy atom. The van der Waals surface area contributed by atoms with Crippen LogP contribution in [0, 0.1) is 11.7 Å². The van der Waals surface area contributed by atoms with Crippen molar-refractivity contribution in [2.24, 2.45) is 5.92 Å². The van der Waals surface area contributed by atoms with Crippen LogP contribution < -0.4 is 0 Å². The Kier molecular flexibility index (Phi) is 5.86. The number of fused-ring (bicyclic) bond motifs is 1. The number of hydrogen-bond donors (Lipinski definition) is 0. The Balaban J connectivity index is 1.59. The Labute approximate surface area is 174 Å². The monoisotopic (exact) mass is 414 g/mol. The molecule has 1 saturated carbocycles. The summed E-state index contributed by atoms with van der Waals surface area (Å²) in [5, 5.41) is 1.35. The Bertz CT molecular complexity index is 1010. The third-order valence-electron chi connectivity index (χ3n) is 6.52. The van der Waals surface area contributed by atoms with Crippen LogP contribution >= 0.6 is 0 Å². The fourth-order valence-electron chi connectivity index (χ4n) is 4.82. The largest absolute Gasteiger partial charge is 0.416 e. The van der Waals surface area contributed by atoms with E-state index in [9.17, 15) is 13.2 Å². The molecular weight excluding hydrogens is 388 g/mol. The number of hydrogen-bond acceptors (Lipinski definition) is 0. The molecule has 1 aliphatic carbocycles. The molecule has 1 fully saturated rings. The molecule has 0 nitrogen and oxygen atoms in total. The van der Waals surface area contributed by atoms with Crippen LogP contribution in [0.25, 0.3) is 21.9 Å². The molecule has 4 rings (SSSR count). The van der Waals surface area contributed by atoms with E-state index in [1.807, 2.05) is 18.2 Å². The van der Waals surface area contributed by atoms with Gasteiger partial charge in [-0.2, -0.15) is 13.2 Å². The van der Waals surface area contributed by atoms with Gasteiger partial charge in [-0.05, 0) is 66.2 Å². The fourth-order valence-corrected chi connectivity index (χ4v) is 4.82. The number of rotatable bonds is 4. The van der Waals surface area contributed by atoms with Crippen LogP contribution in [0.4, 0.5) is 17.6 Å². The predicted octanol–water partition coefficient (Wildman–Crippen LogP) is 8.74.